The Kier molecular flexibility index (Phi) is 5.75. The van der Waals surface area contributed by atoms with Crippen molar-refractivity contribution in [2.45, 2.75) is 12.5 Å². The average molecular weight is 461 g/mol. The Hall–Kier alpha value is -3.78. The van der Waals surface area contributed by atoms with E-state index in [4.69, 9.17) is 13.9 Å². The van der Waals surface area contributed by atoms with Gasteiger partial charge in [0.2, 0.25) is 0 Å². The number of aromatic nitrogens is 2. The normalized spacial score (nSPS) is 15.9. The molecule has 5 rings (SSSR count). The molecule has 34 heavy (non-hydrogen) atoms. The number of benzene rings is 2. The molecule has 8 nitrogen and oxygen atoms in total. The number of ether oxygens (including phenoxy) is 2. The molecule has 176 valence electrons. The smallest absolute Gasteiger partial charge is 0.190 e. The standard InChI is InChI=1S/C26H28N4O4/c1-29(2)17-7-8-30(14-17)22-9-16(5-6-24(22)32-3)20-11-23(31)18-10-19(26-13-27-15-34-26)25(33-4)12-21(18)28-20/h5-6,9-13,15,17H,7-8,14H2,1-4H3,(H,28,31)/t17-/m1/s1. The number of likely N-dealkylation sites (N-methyl/N-ethyl adjacent to an activating group) is 1. The predicted molar refractivity (Wildman–Crippen MR) is 133 cm³/mol. The van der Waals surface area contributed by atoms with Crippen LogP contribution in [0.1, 0.15) is 6.42 Å². The summed E-state index contributed by atoms with van der Waals surface area (Å²) in [4.78, 5) is 25.1. The minimum atomic E-state index is -0.0848. The number of aromatic amines is 1. The number of nitrogens with one attached hydrogen (secondary N) is 1. The van der Waals surface area contributed by atoms with Crippen molar-refractivity contribution < 1.29 is 13.9 Å². The first-order valence-corrected chi connectivity index (χ1v) is 11.2. The van der Waals surface area contributed by atoms with E-state index in [0.29, 0.717) is 34.0 Å². The Morgan fingerprint density at radius 2 is 1.94 bits per heavy atom. The maximum absolute atomic E-state index is 13.1. The Balaban J connectivity index is 1.58. The summed E-state index contributed by atoms with van der Waals surface area (Å²) >= 11 is 0. The van der Waals surface area contributed by atoms with E-state index in [2.05, 4.69) is 39.9 Å². The van der Waals surface area contributed by atoms with Gasteiger partial charge in [0.1, 0.15) is 11.5 Å². The minimum absolute atomic E-state index is 0.0848. The molecule has 1 saturated heterocycles. The molecule has 1 N–H and O–H groups in total. The average Bonchev–Trinajstić information content (AvgIpc) is 3.55. The lowest BCUT2D eigenvalue weighted by molar-refractivity contribution is 0.315. The zero-order valence-corrected chi connectivity index (χ0v) is 19.8. The second kappa shape index (κ2) is 8.87. The van der Waals surface area contributed by atoms with E-state index in [9.17, 15) is 4.79 Å². The van der Waals surface area contributed by atoms with Crippen molar-refractivity contribution in [1.29, 1.82) is 0 Å². The summed E-state index contributed by atoms with van der Waals surface area (Å²) in [6.07, 6.45) is 4.06. The lowest BCUT2D eigenvalue weighted by atomic mass is 10.0. The fourth-order valence-electron chi connectivity index (χ4n) is 4.63. The first kappa shape index (κ1) is 22.0. The molecule has 1 aliphatic heterocycles. The highest BCUT2D eigenvalue weighted by molar-refractivity contribution is 5.89. The molecule has 1 atom stereocenters. The summed E-state index contributed by atoms with van der Waals surface area (Å²) in [5.74, 6) is 1.97. The molecule has 0 radical (unpaired) electrons. The highest BCUT2D eigenvalue weighted by Gasteiger charge is 2.26. The Morgan fingerprint density at radius 1 is 1.12 bits per heavy atom. The molecule has 0 unspecified atom stereocenters. The highest BCUT2D eigenvalue weighted by atomic mass is 16.5. The SMILES string of the molecule is COc1cc2[nH]c(-c3ccc(OC)c(N4CC[C@@H](N(C)C)C4)c3)cc(=O)c2cc1-c1cnco1. The topological polar surface area (TPSA) is 83.8 Å². The van der Waals surface area contributed by atoms with Crippen LogP contribution < -0.4 is 19.8 Å². The van der Waals surface area contributed by atoms with Crippen LogP contribution in [0.2, 0.25) is 0 Å². The fourth-order valence-corrected chi connectivity index (χ4v) is 4.63. The van der Waals surface area contributed by atoms with Crippen LogP contribution in [0.5, 0.6) is 11.5 Å². The lowest BCUT2D eigenvalue weighted by Crippen LogP contribution is -2.31. The fraction of sp³-hybridized carbons (Fsp3) is 0.308. The molecule has 8 heteroatoms. The van der Waals surface area contributed by atoms with Gasteiger partial charge in [-0.1, -0.05) is 0 Å². The molecule has 2 aromatic carbocycles. The largest absolute Gasteiger partial charge is 0.496 e. The molecule has 0 spiro atoms. The molecule has 4 aromatic rings. The lowest BCUT2D eigenvalue weighted by Gasteiger charge is -2.24. The second-order valence-electron chi connectivity index (χ2n) is 8.75. The second-order valence-corrected chi connectivity index (χ2v) is 8.75. The predicted octanol–water partition coefficient (Wildman–Crippen LogP) is 4.01. The van der Waals surface area contributed by atoms with Gasteiger partial charge in [-0.25, -0.2) is 4.98 Å². The van der Waals surface area contributed by atoms with Crippen LogP contribution in [-0.4, -0.2) is 62.3 Å². The molecular weight excluding hydrogens is 432 g/mol. The number of hydrogen-bond acceptors (Lipinski definition) is 7. The number of nitrogens with zero attached hydrogens (tertiary/aromatic N) is 3. The summed E-state index contributed by atoms with van der Waals surface area (Å²) in [7, 11) is 7.51. The number of methoxy groups -OCH3 is 2. The Labute approximate surface area is 197 Å². The van der Waals surface area contributed by atoms with Gasteiger partial charge >= 0.3 is 0 Å². The van der Waals surface area contributed by atoms with E-state index in [-0.39, 0.29) is 5.43 Å². The van der Waals surface area contributed by atoms with Crippen molar-refractivity contribution in [3.63, 3.8) is 0 Å². The number of fused-ring (bicyclic) bond motifs is 1. The monoisotopic (exact) mass is 460 g/mol. The van der Waals surface area contributed by atoms with Crippen molar-refractivity contribution in [2.24, 2.45) is 0 Å². The van der Waals surface area contributed by atoms with E-state index in [1.54, 1.807) is 32.5 Å². The molecule has 1 aliphatic rings. The van der Waals surface area contributed by atoms with Gasteiger partial charge in [0.15, 0.2) is 17.6 Å². The van der Waals surface area contributed by atoms with Crippen molar-refractivity contribution >= 4 is 16.6 Å². The maximum atomic E-state index is 13.1. The van der Waals surface area contributed by atoms with Crippen LogP contribution >= 0.6 is 0 Å². The van der Waals surface area contributed by atoms with Crippen molar-refractivity contribution in [3.05, 3.63) is 59.2 Å². The van der Waals surface area contributed by atoms with E-state index in [1.165, 1.54) is 6.39 Å². The number of pyridine rings is 1. The van der Waals surface area contributed by atoms with Gasteiger partial charge in [-0.3, -0.25) is 4.79 Å². The summed E-state index contributed by atoms with van der Waals surface area (Å²) in [5.41, 5.74) is 3.97. The molecule has 3 heterocycles. The van der Waals surface area contributed by atoms with Gasteiger partial charge in [0, 0.05) is 47.9 Å². The van der Waals surface area contributed by atoms with E-state index >= 15 is 0 Å². The number of hydrogen-bond donors (Lipinski definition) is 1. The van der Waals surface area contributed by atoms with Crippen molar-refractivity contribution in [3.8, 4) is 34.1 Å². The van der Waals surface area contributed by atoms with Crippen LogP contribution in [0.15, 0.2) is 58.2 Å². The third-order valence-corrected chi connectivity index (χ3v) is 6.57. The van der Waals surface area contributed by atoms with Crippen LogP contribution in [0, 0.1) is 0 Å². The van der Waals surface area contributed by atoms with Gasteiger partial charge in [0.25, 0.3) is 0 Å². The van der Waals surface area contributed by atoms with Crippen molar-refractivity contribution in [2.75, 3.05) is 46.3 Å². The molecule has 0 bridgehead atoms. The zero-order chi connectivity index (χ0) is 23.8. The first-order valence-electron chi connectivity index (χ1n) is 11.2. The Morgan fingerprint density at radius 3 is 2.62 bits per heavy atom. The number of oxazole rings is 1. The van der Waals surface area contributed by atoms with Gasteiger partial charge < -0.3 is 28.7 Å². The van der Waals surface area contributed by atoms with Gasteiger partial charge in [-0.05, 0) is 44.8 Å². The third kappa shape index (κ3) is 3.90. The molecule has 0 saturated carbocycles. The van der Waals surface area contributed by atoms with E-state index in [1.807, 2.05) is 18.2 Å². The van der Waals surface area contributed by atoms with E-state index in [0.717, 1.165) is 42.2 Å². The third-order valence-electron chi connectivity index (χ3n) is 6.57. The van der Waals surface area contributed by atoms with E-state index < -0.39 is 0 Å². The van der Waals surface area contributed by atoms with Gasteiger partial charge in [0.05, 0.1) is 37.2 Å². The molecule has 1 fully saturated rings. The zero-order valence-electron chi connectivity index (χ0n) is 19.8. The van der Waals surface area contributed by atoms with Crippen LogP contribution in [0.4, 0.5) is 5.69 Å². The Bertz CT molecular complexity index is 1380. The van der Waals surface area contributed by atoms with Crippen LogP contribution in [0.3, 0.4) is 0 Å². The quantitative estimate of drug-likeness (QED) is 0.465. The maximum Gasteiger partial charge on any atom is 0.190 e. The highest BCUT2D eigenvalue weighted by Crippen LogP contribution is 2.36. The number of anilines is 1. The molecule has 2 aromatic heterocycles. The molecule has 0 amide bonds. The van der Waals surface area contributed by atoms with Gasteiger partial charge in [-0.2, -0.15) is 0 Å². The van der Waals surface area contributed by atoms with Crippen molar-refractivity contribution in [1.82, 2.24) is 14.9 Å². The first-order chi connectivity index (χ1) is 16.5. The number of H-pyrrole nitrogens is 1. The summed E-state index contributed by atoms with van der Waals surface area (Å²) < 4.78 is 16.7. The van der Waals surface area contributed by atoms with Crippen LogP contribution in [-0.2, 0) is 0 Å². The molecular formula is C26H28N4O4. The summed E-state index contributed by atoms with van der Waals surface area (Å²) in [5, 5.41) is 0.554. The summed E-state index contributed by atoms with van der Waals surface area (Å²) in [6.45, 7) is 1.89. The molecule has 0 aliphatic carbocycles. The minimum Gasteiger partial charge on any atom is -0.496 e. The van der Waals surface area contributed by atoms with Gasteiger partial charge in [-0.15, -0.1) is 0 Å². The summed E-state index contributed by atoms with van der Waals surface area (Å²) in [6, 6.07) is 11.8. The van der Waals surface area contributed by atoms with Crippen LogP contribution in [0.25, 0.3) is 33.5 Å². The number of rotatable bonds is 6.